The van der Waals surface area contributed by atoms with Gasteiger partial charge in [0.2, 0.25) is 0 Å². The van der Waals surface area contributed by atoms with Gasteiger partial charge in [0, 0.05) is 30.8 Å². The van der Waals surface area contributed by atoms with Crippen LogP contribution >= 0.6 is 11.8 Å². The molecule has 0 aromatic heterocycles. The van der Waals surface area contributed by atoms with E-state index in [1.54, 1.807) is 0 Å². The highest BCUT2D eigenvalue weighted by Gasteiger charge is 2.14. The van der Waals surface area contributed by atoms with Crippen LogP contribution in [-0.4, -0.2) is 52.9 Å². The third kappa shape index (κ3) is 8.91. The summed E-state index contributed by atoms with van der Waals surface area (Å²) in [6.45, 7) is 9.73. The van der Waals surface area contributed by atoms with Crippen LogP contribution in [-0.2, 0) is 9.53 Å². The summed E-state index contributed by atoms with van der Waals surface area (Å²) in [7, 11) is 0. The largest absolute Gasteiger partial charge is 0.371 e. The van der Waals surface area contributed by atoms with Gasteiger partial charge in [-0.25, -0.2) is 0 Å². The van der Waals surface area contributed by atoms with E-state index in [1.807, 2.05) is 0 Å². The number of aliphatic hydroxyl groups is 1. The lowest BCUT2D eigenvalue weighted by molar-refractivity contribution is -0.111. The molecule has 4 nitrogen and oxygen atoms in total. The van der Waals surface area contributed by atoms with Gasteiger partial charge in [-0.15, -0.1) is 0 Å². The van der Waals surface area contributed by atoms with Crippen LogP contribution in [0.15, 0.2) is 0 Å². The maximum absolute atomic E-state index is 11.7. The molecule has 0 bridgehead atoms. The van der Waals surface area contributed by atoms with Gasteiger partial charge < -0.3 is 9.84 Å². The number of carbonyl (C=O) groups is 1. The molecule has 0 aliphatic carbocycles. The van der Waals surface area contributed by atoms with Crippen molar-refractivity contribution in [3.05, 3.63) is 0 Å². The predicted molar refractivity (Wildman–Crippen MR) is 76.7 cm³/mol. The first-order valence-corrected chi connectivity index (χ1v) is 7.57. The summed E-state index contributed by atoms with van der Waals surface area (Å²) in [5.41, 5.74) is 0. The SMILES string of the molecule is CC(C)N(CCC(=O)SCCCOCO)C(C)C. The summed E-state index contributed by atoms with van der Waals surface area (Å²) in [6, 6.07) is 0.946. The molecule has 1 N–H and O–H groups in total. The summed E-state index contributed by atoms with van der Waals surface area (Å²) in [6.07, 6.45) is 1.40. The Morgan fingerprint density at radius 3 is 2.39 bits per heavy atom. The van der Waals surface area contributed by atoms with Crippen molar-refractivity contribution in [2.45, 2.75) is 52.6 Å². The topological polar surface area (TPSA) is 49.8 Å². The van der Waals surface area contributed by atoms with E-state index in [-0.39, 0.29) is 11.9 Å². The Labute approximate surface area is 115 Å². The van der Waals surface area contributed by atoms with Crippen molar-refractivity contribution < 1.29 is 14.6 Å². The number of hydrogen-bond acceptors (Lipinski definition) is 5. The highest BCUT2D eigenvalue weighted by molar-refractivity contribution is 8.13. The Morgan fingerprint density at radius 1 is 1.28 bits per heavy atom. The van der Waals surface area contributed by atoms with E-state index in [9.17, 15) is 4.79 Å². The first-order valence-electron chi connectivity index (χ1n) is 6.59. The van der Waals surface area contributed by atoms with Crippen LogP contribution in [0.4, 0.5) is 0 Å². The van der Waals surface area contributed by atoms with Crippen molar-refractivity contribution in [2.75, 3.05) is 25.7 Å². The Bertz CT molecular complexity index is 214. The molecule has 0 unspecified atom stereocenters. The van der Waals surface area contributed by atoms with Gasteiger partial charge in [0.05, 0.1) is 6.61 Å². The number of aliphatic hydroxyl groups excluding tert-OH is 1. The first kappa shape index (κ1) is 17.9. The van der Waals surface area contributed by atoms with Gasteiger partial charge in [0.15, 0.2) is 5.12 Å². The standard InChI is InChI=1S/C13H27NO3S/c1-11(2)14(12(3)4)7-6-13(16)18-9-5-8-17-10-15/h11-12,15H,5-10H2,1-4H3. The Balaban J connectivity index is 3.68. The number of nitrogens with zero attached hydrogens (tertiary/aromatic N) is 1. The molecular weight excluding hydrogens is 250 g/mol. The lowest BCUT2D eigenvalue weighted by atomic mass is 10.2. The quantitative estimate of drug-likeness (QED) is 0.489. The average Bonchev–Trinajstić information content (AvgIpc) is 2.28. The Kier molecular flexibility index (Phi) is 10.7. The predicted octanol–water partition coefficient (Wildman–Crippen LogP) is 2.11. The molecule has 0 fully saturated rings. The molecule has 0 aliphatic heterocycles. The van der Waals surface area contributed by atoms with E-state index >= 15 is 0 Å². The Hall–Kier alpha value is -0.100. The molecule has 5 heteroatoms. The van der Waals surface area contributed by atoms with Crippen molar-refractivity contribution in [1.82, 2.24) is 4.90 Å². The van der Waals surface area contributed by atoms with Crippen LogP contribution in [0.5, 0.6) is 0 Å². The van der Waals surface area contributed by atoms with Gasteiger partial charge in [-0.2, -0.15) is 0 Å². The lowest BCUT2D eigenvalue weighted by Gasteiger charge is -2.30. The summed E-state index contributed by atoms with van der Waals surface area (Å²) < 4.78 is 4.80. The molecule has 108 valence electrons. The van der Waals surface area contributed by atoms with E-state index in [0.717, 1.165) is 18.7 Å². The number of hydrogen-bond donors (Lipinski definition) is 1. The van der Waals surface area contributed by atoms with Gasteiger partial charge in [0.1, 0.15) is 6.79 Å². The second-order valence-electron chi connectivity index (χ2n) is 4.79. The molecule has 0 aromatic rings. The maximum Gasteiger partial charge on any atom is 0.190 e. The normalized spacial score (nSPS) is 11.8. The molecule has 0 radical (unpaired) electrons. The van der Waals surface area contributed by atoms with Gasteiger partial charge in [-0.1, -0.05) is 11.8 Å². The van der Waals surface area contributed by atoms with Gasteiger partial charge in [-0.05, 0) is 34.1 Å². The van der Waals surface area contributed by atoms with Crippen LogP contribution in [0.3, 0.4) is 0 Å². The number of rotatable bonds is 10. The lowest BCUT2D eigenvalue weighted by Crippen LogP contribution is -2.38. The van der Waals surface area contributed by atoms with E-state index in [1.165, 1.54) is 11.8 Å². The van der Waals surface area contributed by atoms with Crippen LogP contribution in [0.1, 0.15) is 40.5 Å². The fourth-order valence-electron chi connectivity index (χ4n) is 1.82. The van der Waals surface area contributed by atoms with Gasteiger partial charge in [-0.3, -0.25) is 9.69 Å². The molecule has 0 aliphatic rings. The minimum atomic E-state index is -0.240. The summed E-state index contributed by atoms with van der Waals surface area (Å²) in [4.78, 5) is 14.0. The zero-order valence-electron chi connectivity index (χ0n) is 12.0. The zero-order chi connectivity index (χ0) is 14.0. The van der Waals surface area contributed by atoms with Crippen LogP contribution in [0.2, 0.25) is 0 Å². The summed E-state index contributed by atoms with van der Waals surface area (Å²) in [5.74, 6) is 0.766. The molecule has 0 atom stereocenters. The molecule has 0 aromatic carbocycles. The van der Waals surface area contributed by atoms with Crippen molar-refractivity contribution >= 4 is 16.9 Å². The van der Waals surface area contributed by atoms with E-state index in [2.05, 4.69) is 32.6 Å². The Morgan fingerprint density at radius 2 is 1.89 bits per heavy atom. The van der Waals surface area contributed by atoms with E-state index in [4.69, 9.17) is 9.84 Å². The van der Waals surface area contributed by atoms with E-state index < -0.39 is 0 Å². The second-order valence-corrected chi connectivity index (χ2v) is 5.94. The average molecular weight is 277 g/mol. The number of ether oxygens (including phenoxy) is 1. The first-order chi connectivity index (χ1) is 8.49. The highest BCUT2D eigenvalue weighted by atomic mass is 32.2. The molecule has 0 saturated carbocycles. The van der Waals surface area contributed by atoms with E-state index in [0.29, 0.717) is 25.1 Å². The molecule has 18 heavy (non-hydrogen) atoms. The summed E-state index contributed by atoms with van der Waals surface area (Å²) in [5, 5.41) is 8.66. The molecule has 0 rings (SSSR count). The summed E-state index contributed by atoms with van der Waals surface area (Å²) >= 11 is 1.37. The fourth-order valence-corrected chi connectivity index (χ4v) is 2.54. The molecular formula is C13H27NO3S. The minimum Gasteiger partial charge on any atom is -0.371 e. The van der Waals surface area contributed by atoms with Crippen LogP contribution in [0, 0.1) is 0 Å². The highest BCUT2D eigenvalue weighted by Crippen LogP contribution is 2.11. The smallest absolute Gasteiger partial charge is 0.190 e. The monoisotopic (exact) mass is 277 g/mol. The van der Waals surface area contributed by atoms with Gasteiger partial charge >= 0.3 is 0 Å². The van der Waals surface area contributed by atoms with Gasteiger partial charge in [0.25, 0.3) is 0 Å². The molecule has 0 amide bonds. The fraction of sp³-hybridized carbons (Fsp3) is 0.923. The second kappa shape index (κ2) is 10.8. The molecule has 0 saturated heterocycles. The molecule has 0 spiro atoms. The van der Waals surface area contributed by atoms with Crippen molar-refractivity contribution in [2.24, 2.45) is 0 Å². The van der Waals surface area contributed by atoms with Crippen molar-refractivity contribution in [1.29, 1.82) is 0 Å². The van der Waals surface area contributed by atoms with Crippen LogP contribution in [0.25, 0.3) is 0 Å². The third-order valence-electron chi connectivity index (χ3n) is 2.69. The maximum atomic E-state index is 11.7. The minimum absolute atomic E-state index is 0.240. The zero-order valence-corrected chi connectivity index (χ0v) is 12.8. The number of thioether (sulfide) groups is 1. The molecule has 0 heterocycles. The van der Waals surface area contributed by atoms with Crippen LogP contribution < -0.4 is 0 Å². The number of carbonyl (C=O) groups excluding carboxylic acids is 1. The third-order valence-corrected chi connectivity index (χ3v) is 3.71. The van der Waals surface area contributed by atoms with Crippen molar-refractivity contribution in [3.8, 4) is 0 Å². The van der Waals surface area contributed by atoms with Crippen molar-refractivity contribution in [3.63, 3.8) is 0 Å².